The summed E-state index contributed by atoms with van der Waals surface area (Å²) in [4.78, 5) is 15.2. The largest absolute Gasteiger partial charge is 0.306 e. The van der Waals surface area contributed by atoms with Gasteiger partial charge in [-0.3, -0.25) is 4.79 Å². The highest BCUT2D eigenvalue weighted by Crippen LogP contribution is 2.10. The quantitative estimate of drug-likeness (QED) is 0.594. The van der Waals surface area contributed by atoms with Gasteiger partial charge in [0.05, 0.1) is 0 Å². The molecule has 4 heteroatoms. The van der Waals surface area contributed by atoms with Gasteiger partial charge in [-0.05, 0) is 34.7 Å². The molecule has 0 fully saturated rings. The Morgan fingerprint density at radius 1 is 1.62 bits per heavy atom. The van der Waals surface area contributed by atoms with E-state index in [4.69, 9.17) is 0 Å². The van der Waals surface area contributed by atoms with Gasteiger partial charge in [-0.1, -0.05) is 0 Å². The summed E-state index contributed by atoms with van der Waals surface area (Å²) in [6.07, 6.45) is 3.64. The van der Waals surface area contributed by atoms with Crippen molar-refractivity contribution in [3.8, 4) is 0 Å². The highest BCUT2D eigenvalue weighted by molar-refractivity contribution is 14.1. The predicted molar refractivity (Wildman–Crippen MR) is 57.9 cm³/mol. The van der Waals surface area contributed by atoms with E-state index in [1.165, 1.54) is 6.92 Å². The smallest absolute Gasteiger partial charge is 0.179 e. The molecule has 0 unspecified atom stereocenters. The van der Waals surface area contributed by atoms with Gasteiger partial charge in [0.2, 0.25) is 0 Å². The molecule has 0 atom stereocenters. The Morgan fingerprint density at radius 3 is 3.08 bits per heavy atom. The lowest BCUT2D eigenvalue weighted by atomic mass is 10.3. The first kappa shape index (κ1) is 8.68. The van der Waals surface area contributed by atoms with Crippen LogP contribution in [-0.2, 0) is 0 Å². The second-order valence-corrected chi connectivity index (χ2v) is 4.04. The molecule has 0 aliphatic heterocycles. The number of hydrogen-bond donors (Lipinski definition) is 0. The molecule has 0 bridgehead atoms. The second kappa shape index (κ2) is 3.10. The van der Waals surface area contributed by atoms with E-state index in [1.807, 2.05) is 22.7 Å². The number of carbonyl (C=O) groups is 1. The maximum atomic E-state index is 11.0. The lowest BCUT2D eigenvalue weighted by Gasteiger charge is -1.91. The zero-order valence-corrected chi connectivity index (χ0v) is 9.15. The SMILES string of the molecule is CC(=O)c1cn2ccc(I)cc2n1. The number of hydrogen-bond acceptors (Lipinski definition) is 2. The third-order valence-corrected chi connectivity index (χ3v) is 2.45. The molecule has 13 heavy (non-hydrogen) atoms. The third kappa shape index (κ3) is 1.58. The van der Waals surface area contributed by atoms with Crippen LogP contribution in [0.2, 0.25) is 0 Å². The molecule has 2 aromatic heterocycles. The number of pyridine rings is 1. The van der Waals surface area contributed by atoms with Crippen molar-refractivity contribution in [3.63, 3.8) is 0 Å². The summed E-state index contributed by atoms with van der Waals surface area (Å²) in [5, 5.41) is 0. The van der Waals surface area contributed by atoms with Gasteiger partial charge in [0.1, 0.15) is 11.3 Å². The Kier molecular flexibility index (Phi) is 2.07. The van der Waals surface area contributed by atoms with Crippen molar-refractivity contribution in [3.05, 3.63) is 33.8 Å². The van der Waals surface area contributed by atoms with Crippen LogP contribution in [0.5, 0.6) is 0 Å². The van der Waals surface area contributed by atoms with Crippen LogP contribution in [0, 0.1) is 3.57 Å². The van der Waals surface area contributed by atoms with E-state index < -0.39 is 0 Å². The Morgan fingerprint density at radius 2 is 2.38 bits per heavy atom. The van der Waals surface area contributed by atoms with Crippen LogP contribution in [0.1, 0.15) is 17.4 Å². The molecule has 0 radical (unpaired) electrons. The van der Waals surface area contributed by atoms with Crippen molar-refractivity contribution < 1.29 is 4.79 Å². The molecular formula is C9H7IN2O. The van der Waals surface area contributed by atoms with Crippen LogP contribution in [0.3, 0.4) is 0 Å². The summed E-state index contributed by atoms with van der Waals surface area (Å²) in [5.41, 5.74) is 1.33. The number of carbonyl (C=O) groups excluding carboxylic acids is 1. The van der Waals surface area contributed by atoms with Crippen molar-refractivity contribution in [2.24, 2.45) is 0 Å². The molecule has 0 saturated heterocycles. The molecule has 0 aliphatic carbocycles. The van der Waals surface area contributed by atoms with Gasteiger partial charge in [-0.2, -0.15) is 0 Å². The van der Waals surface area contributed by atoms with Crippen molar-refractivity contribution in [2.45, 2.75) is 6.92 Å². The van der Waals surface area contributed by atoms with Crippen LogP contribution < -0.4 is 0 Å². The first-order valence-electron chi connectivity index (χ1n) is 3.82. The number of imidazole rings is 1. The normalized spacial score (nSPS) is 10.6. The van der Waals surface area contributed by atoms with E-state index in [9.17, 15) is 4.79 Å². The highest BCUT2D eigenvalue weighted by atomic mass is 127. The number of Topliss-reactive ketones (excluding diaryl/α,β-unsaturated/α-hetero) is 1. The van der Waals surface area contributed by atoms with Crippen LogP contribution in [-0.4, -0.2) is 15.2 Å². The molecule has 2 aromatic rings. The molecule has 3 nitrogen and oxygen atoms in total. The number of ketones is 1. The van der Waals surface area contributed by atoms with E-state index in [0.29, 0.717) is 5.69 Å². The number of aromatic nitrogens is 2. The van der Waals surface area contributed by atoms with Crippen LogP contribution in [0.4, 0.5) is 0 Å². The molecule has 0 aliphatic rings. The number of rotatable bonds is 1. The summed E-state index contributed by atoms with van der Waals surface area (Å²) in [6.45, 7) is 1.52. The number of nitrogens with zero attached hydrogens (tertiary/aromatic N) is 2. The monoisotopic (exact) mass is 286 g/mol. The molecule has 0 spiro atoms. The average Bonchev–Trinajstić information content (AvgIpc) is 2.46. The van der Waals surface area contributed by atoms with Crippen molar-refractivity contribution >= 4 is 34.0 Å². The highest BCUT2D eigenvalue weighted by Gasteiger charge is 2.04. The molecule has 0 amide bonds. The fraction of sp³-hybridized carbons (Fsp3) is 0.111. The first-order valence-corrected chi connectivity index (χ1v) is 4.90. The summed E-state index contributed by atoms with van der Waals surface area (Å²) in [7, 11) is 0. The van der Waals surface area contributed by atoms with Gasteiger partial charge in [-0.25, -0.2) is 4.98 Å². The predicted octanol–water partition coefficient (Wildman–Crippen LogP) is 2.14. The second-order valence-electron chi connectivity index (χ2n) is 2.79. The third-order valence-electron chi connectivity index (χ3n) is 1.78. The van der Waals surface area contributed by atoms with E-state index in [-0.39, 0.29) is 5.78 Å². The van der Waals surface area contributed by atoms with Crippen molar-refractivity contribution in [1.29, 1.82) is 0 Å². The van der Waals surface area contributed by atoms with Crippen LogP contribution in [0.15, 0.2) is 24.5 Å². The maximum Gasteiger partial charge on any atom is 0.179 e. The van der Waals surface area contributed by atoms with Crippen LogP contribution in [0.25, 0.3) is 5.65 Å². The van der Waals surface area contributed by atoms with Gasteiger partial charge in [0.25, 0.3) is 0 Å². The number of fused-ring (bicyclic) bond motifs is 1. The molecule has 66 valence electrons. The minimum atomic E-state index is -0.00120. The minimum Gasteiger partial charge on any atom is -0.306 e. The minimum absolute atomic E-state index is 0.00120. The fourth-order valence-electron chi connectivity index (χ4n) is 1.13. The summed E-state index contributed by atoms with van der Waals surface area (Å²) in [6, 6.07) is 3.91. The Labute approximate surface area is 88.9 Å². The van der Waals surface area contributed by atoms with Crippen molar-refractivity contribution in [1.82, 2.24) is 9.38 Å². The molecule has 0 saturated carbocycles. The van der Waals surface area contributed by atoms with Gasteiger partial charge >= 0.3 is 0 Å². The number of halogens is 1. The van der Waals surface area contributed by atoms with Gasteiger partial charge in [-0.15, -0.1) is 0 Å². The summed E-state index contributed by atoms with van der Waals surface area (Å²) < 4.78 is 2.96. The zero-order valence-electron chi connectivity index (χ0n) is 6.99. The fourth-order valence-corrected chi connectivity index (χ4v) is 1.57. The molecule has 2 heterocycles. The Hall–Kier alpha value is -0.910. The average molecular weight is 286 g/mol. The van der Waals surface area contributed by atoms with Crippen LogP contribution >= 0.6 is 22.6 Å². The molecule has 0 N–H and O–H groups in total. The Bertz CT molecular complexity index is 475. The van der Waals surface area contributed by atoms with E-state index >= 15 is 0 Å². The van der Waals surface area contributed by atoms with E-state index in [1.54, 1.807) is 6.20 Å². The van der Waals surface area contributed by atoms with Crippen molar-refractivity contribution in [2.75, 3.05) is 0 Å². The van der Waals surface area contributed by atoms with Gasteiger partial charge in [0, 0.05) is 22.9 Å². The maximum absolute atomic E-state index is 11.0. The topological polar surface area (TPSA) is 34.4 Å². The zero-order chi connectivity index (χ0) is 9.42. The molecule has 2 rings (SSSR count). The van der Waals surface area contributed by atoms with E-state index in [0.717, 1.165) is 9.22 Å². The summed E-state index contributed by atoms with van der Waals surface area (Å²) in [5.74, 6) is -0.00120. The standard InChI is InChI=1S/C9H7IN2O/c1-6(13)8-5-12-3-2-7(10)4-9(12)11-8/h2-5H,1H3. The lowest BCUT2D eigenvalue weighted by Crippen LogP contribution is -1.89. The Balaban J connectivity index is 2.68. The first-order chi connectivity index (χ1) is 6.16. The molecule has 0 aromatic carbocycles. The molecular weight excluding hydrogens is 279 g/mol. The lowest BCUT2D eigenvalue weighted by molar-refractivity contribution is 0.101. The van der Waals surface area contributed by atoms with E-state index in [2.05, 4.69) is 27.6 Å². The van der Waals surface area contributed by atoms with Gasteiger partial charge < -0.3 is 4.40 Å². The summed E-state index contributed by atoms with van der Waals surface area (Å²) >= 11 is 2.22. The van der Waals surface area contributed by atoms with Gasteiger partial charge in [0.15, 0.2) is 5.78 Å².